The zero-order valence-electron chi connectivity index (χ0n) is 17.8. The molecule has 7 heteroatoms. The van der Waals surface area contributed by atoms with Gasteiger partial charge in [-0.2, -0.15) is 0 Å². The number of carbonyl (C=O) groups excluding carboxylic acids is 1. The topological polar surface area (TPSA) is 99.1 Å². The van der Waals surface area contributed by atoms with E-state index in [0.717, 1.165) is 37.2 Å². The minimum absolute atomic E-state index is 0.0579. The number of hydrogen-bond donors (Lipinski definition) is 3. The predicted molar refractivity (Wildman–Crippen MR) is 119 cm³/mol. The first-order valence-electron chi connectivity index (χ1n) is 10.8. The standard InChI is InChI=1S/C24H30N2O5/c1-2-31-22-14-17(10-11-19(22)24(29)30)15-23(28)25-20(16-27)18-8-4-5-9-21(18)26-12-6-3-7-13-26/h4-5,8-11,14,20,27H,2-3,6-7,12-13,15-16H2,1H3,(H,25,28)(H,29,30). The second-order valence-electron chi connectivity index (χ2n) is 7.65. The monoisotopic (exact) mass is 426 g/mol. The number of hydrogen-bond acceptors (Lipinski definition) is 5. The summed E-state index contributed by atoms with van der Waals surface area (Å²) >= 11 is 0. The third-order valence-electron chi connectivity index (χ3n) is 5.47. The molecule has 31 heavy (non-hydrogen) atoms. The van der Waals surface area contributed by atoms with E-state index in [0.29, 0.717) is 12.2 Å². The van der Waals surface area contributed by atoms with Crippen molar-refractivity contribution in [3.63, 3.8) is 0 Å². The molecule has 1 heterocycles. The van der Waals surface area contributed by atoms with Crippen LogP contribution in [0.3, 0.4) is 0 Å². The van der Waals surface area contributed by atoms with Gasteiger partial charge in [-0.1, -0.05) is 24.3 Å². The first-order chi connectivity index (χ1) is 15.0. The summed E-state index contributed by atoms with van der Waals surface area (Å²) in [6, 6.07) is 12.0. The summed E-state index contributed by atoms with van der Waals surface area (Å²) in [7, 11) is 0. The Bertz CT molecular complexity index is 909. The van der Waals surface area contributed by atoms with Crippen LogP contribution in [-0.4, -0.2) is 48.4 Å². The first kappa shape index (κ1) is 22.6. The van der Waals surface area contributed by atoms with Crippen LogP contribution < -0.4 is 15.0 Å². The minimum atomic E-state index is -1.07. The van der Waals surface area contributed by atoms with Gasteiger partial charge in [0, 0.05) is 24.3 Å². The van der Waals surface area contributed by atoms with Crippen LogP contribution in [0.5, 0.6) is 5.75 Å². The number of aromatic carboxylic acids is 1. The molecule has 1 atom stereocenters. The number of carbonyl (C=O) groups is 2. The lowest BCUT2D eigenvalue weighted by molar-refractivity contribution is -0.121. The summed E-state index contributed by atoms with van der Waals surface area (Å²) in [5.41, 5.74) is 2.66. The molecule has 0 spiro atoms. The molecule has 1 saturated heterocycles. The van der Waals surface area contributed by atoms with Crippen molar-refractivity contribution in [2.24, 2.45) is 0 Å². The van der Waals surface area contributed by atoms with Crippen LogP contribution in [0.1, 0.15) is 53.7 Å². The quantitative estimate of drug-likeness (QED) is 0.570. The van der Waals surface area contributed by atoms with Gasteiger partial charge in [0.05, 0.1) is 25.7 Å². The largest absolute Gasteiger partial charge is 0.493 e. The maximum absolute atomic E-state index is 12.7. The number of para-hydroxylation sites is 1. The Morgan fingerprint density at radius 1 is 1.13 bits per heavy atom. The molecule has 0 radical (unpaired) electrons. The molecule has 166 valence electrons. The van der Waals surface area contributed by atoms with E-state index in [4.69, 9.17) is 4.74 Å². The predicted octanol–water partition coefficient (Wildman–Crippen LogP) is 3.17. The molecule has 1 aliphatic rings. The van der Waals surface area contributed by atoms with Gasteiger partial charge >= 0.3 is 5.97 Å². The highest BCUT2D eigenvalue weighted by Crippen LogP contribution is 2.29. The molecule has 0 bridgehead atoms. The maximum Gasteiger partial charge on any atom is 0.339 e. The molecule has 1 aliphatic heterocycles. The van der Waals surface area contributed by atoms with Crippen molar-refractivity contribution in [1.29, 1.82) is 0 Å². The third-order valence-corrected chi connectivity index (χ3v) is 5.47. The number of piperidine rings is 1. The van der Waals surface area contributed by atoms with E-state index in [1.165, 1.54) is 12.5 Å². The highest BCUT2D eigenvalue weighted by Gasteiger charge is 2.21. The number of aliphatic hydroxyl groups excluding tert-OH is 1. The molecule has 1 unspecified atom stereocenters. The van der Waals surface area contributed by atoms with E-state index in [1.54, 1.807) is 19.1 Å². The Morgan fingerprint density at radius 3 is 2.55 bits per heavy atom. The molecule has 0 saturated carbocycles. The fourth-order valence-electron chi connectivity index (χ4n) is 3.99. The van der Waals surface area contributed by atoms with Crippen molar-refractivity contribution in [3.05, 3.63) is 59.2 Å². The maximum atomic E-state index is 12.7. The fraction of sp³-hybridized carbons (Fsp3) is 0.417. The van der Waals surface area contributed by atoms with Crippen molar-refractivity contribution in [3.8, 4) is 5.75 Å². The minimum Gasteiger partial charge on any atom is -0.493 e. The van der Waals surface area contributed by atoms with Crippen molar-refractivity contribution < 1.29 is 24.5 Å². The SMILES string of the molecule is CCOc1cc(CC(=O)NC(CO)c2ccccc2N2CCCCC2)ccc1C(=O)O. The lowest BCUT2D eigenvalue weighted by Crippen LogP contribution is -2.35. The second-order valence-corrected chi connectivity index (χ2v) is 7.65. The van der Waals surface area contributed by atoms with Crippen molar-refractivity contribution in [2.75, 3.05) is 31.2 Å². The number of amides is 1. The van der Waals surface area contributed by atoms with Crippen LogP contribution in [0.15, 0.2) is 42.5 Å². The summed E-state index contributed by atoms with van der Waals surface area (Å²) in [5.74, 6) is -1.08. The van der Waals surface area contributed by atoms with Gasteiger partial charge < -0.3 is 25.2 Å². The highest BCUT2D eigenvalue weighted by molar-refractivity contribution is 5.91. The first-order valence-corrected chi connectivity index (χ1v) is 10.8. The van der Waals surface area contributed by atoms with Crippen LogP contribution in [0.2, 0.25) is 0 Å². The fourth-order valence-corrected chi connectivity index (χ4v) is 3.99. The van der Waals surface area contributed by atoms with Gasteiger partial charge in [-0.15, -0.1) is 0 Å². The molecular formula is C24H30N2O5. The summed E-state index contributed by atoms with van der Waals surface area (Å²) < 4.78 is 5.42. The summed E-state index contributed by atoms with van der Waals surface area (Å²) in [4.78, 5) is 26.4. The average molecular weight is 427 g/mol. The van der Waals surface area contributed by atoms with Crippen LogP contribution in [-0.2, 0) is 11.2 Å². The number of anilines is 1. The van der Waals surface area contributed by atoms with Gasteiger partial charge in [-0.25, -0.2) is 4.79 Å². The van der Waals surface area contributed by atoms with E-state index in [2.05, 4.69) is 10.2 Å². The Labute approximate surface area is 182 Å². The normalized spacial score (nSPS) is 14.7. The summed E-state index contributed by atoms with van der Waals surface area (Å²) in [6.45, 7) is 3.84. The van der Waals surface area contributed by atoms with Crippen LogP contribution >= 0.6 is 0 Å². The Hall–Kier alpha value is -3.06. The van der Waals surface area contributed by atoms with Gasteiger partial charge in [-0.05, 0) is 49.9 Å². The van der Waals surface area contributed by atoms with Crippen LogP contribution in [0.4, 0.5) is 5.69 Å². The highest BCUT2D eigenvalue weighted by atomic mass is 16.5. The molecule has 2 aromatic carbocycles. The smallest absolute Gasteiger partial charge is 0.339 e. The Kier molecular flexibility index (Phi) is 7.89. The summed E-state index contributed by atoms with van der Waals surface area (Å²) in [6.07, 6.45) is 3.56. The summed E-state index contributed by atoms with van der Waals surface area (Å²) in [5, 5.41) is 22.2. The van der Waals surface area contributed by atoms with Gasteiger partial charge in [0.15, 0.2) is 0 Å². The number of aliphatic hydroxyl groups is 1. The lowest BCUT2D eigenvalue weighted by atomic mass is 10.0. The lowest BCUT2D eigenvalue weighted by Gasteiger charge is -2.32. The third kappa shape index (κ3) is 5.76. The van der Waals surface area contributed by atoms with Gasteiger partial charge in [0.1, 0.15) is 11.3 Å². The van der Waals surface area contributed by atoms with E-state index < -0.39 is 12.0 Å². The van der Waals surface area contributed by atoms with Gasteiger partial charge in [0.2, 0.25) is 5.91 Å². The number of rotatable bonds is 9. The van der Waals surface area contributed by atoms with E-state index in [1.807, 2.05) is 24.3 Å². The second kappa shape index (κ2) is 10.8. The van der Waals surface area contributed by atoms with Crippen molar-refractivity contribution >= 4 is 17.6 Å². The van der Waals surface area contributed by atoms with Gasteiger partial charge in [0.25, 0.3) is 0 Å². The number of carboxylic acids is 1. The molecule has 1 fully saturated rings. The Balaban J connectivity index is 1.74. The average Bonchev–Trinajstić information content (AvgIpc) is 2.78. The van der Waals surface area contributed by atoms with E-state index in [-0.39, 0.29) is 30.2 Å². The van der Waals surface area contributed by atoms with Gasteiger partial charge in [-0.3, -0.25) is 4.79 Å². The molecular weight excluding hydrogens is 396 g/mol. The molecule has 3 rings (SSSR count). The van der Waals surface area contributed by atoms with Crippen molar-refractivity contribution in [1.82, 2.24) is 5.32 Å². The molecule has 0 aromatic heterocycles. The van der Waals surface area contributed by atoms with Crippen LogP contribution in [0, 0.1) is 0 Å². The van der Waals surface area contributed by atoms with E-state index >= 15 is 0 Å². The van der Waals surface area contributed by atoms with Crippen molar-refractivity contribution in [2.45, 2.75) is 38.6 Å². The number of nitrogens with one attached hydrogen (secondary N) is 1. The Morgan fingerprint density at radius 2 is 1.87 bits per heavy atom. The molecule has 1 amide bonds. The number of benzene rings is 2. The van der Waals surface area contributed by atoms with Crippen LogP contribution in [0.25, 0.3) is 0 Å². The zero-order valence-corrected chi connectivity index (χ0v) is 17.8. The molecule has 7 nitrogen and oxygen atoms in total. The molecule has 2 aromatic rings. The molecule has 3 N–H and O–H groups in total. The van der Waals surface area contributed by atoms with E-state index in [9.17, 15) is 19.8 Å². The number of carboxylic acid groups (broad SMARTS) is 1. The zero-order chi connectivity index (χ0) is 22.2. The number of ether oxygens (including phenoxy) is 1. The molecule has 0 aliphatic carbocycles. The number of nitrogens with zero attached hydrogens (tertiary/aromatic N) is 1.